The van der Waals surface area contributed by atoms with Gasteiger partial charge in [0.05, 0.1) is 21.9 Å². The van der Waals surface area contributed by atoms with Crippen LogP contribution in [0.2, 0.25) is 0 Å². The molecule has 2 unspecified atom stereocenters. The van der Waals surface area contributed by atoms with Crippen molar-refractivity contribution >= 4 is 38.6 Å². The molecule has 1 amide bonds. The van der Waals surface area contributed by atoms with Gasteiger partial charge in [0.1, 0.15) is 5.60 Å². The van der Waals surface area contributed by atoms with Crippen LogP contribution in [0.25, 0.3) is 5.57 Å². The molecular weight excluding hydrogens is 556 g/mol. The number of carbonyl (C=O) groups is 1. The summed E-state index contributed by atoms with van der Waals surface area (Å²) in [5.41, 5.74) is 4.50. The first-order valence-corrected chi connectivity index (χ1v) is 15.8. The molecule has 2 aliphatic heterocycles. The topological polar surface area (TPSA) is 66.9 Å². The molecule has 0 radical (unpaired) electrons. The summed E-state index contributed by atoms with van der Waals surface area (Å²) < 4.78 is 34.2. The van der Waals surface area contributed by atoms with Crippen molar-refractivity contribution in [3.63, 3.8) is 0 Å². The maximum Gasteiger partial charge on any atom is 0.411 e. The quantitative estimate of drug-likeness (QED) is 0.212. The predicted molar refractivity (Wildman–Crippen MR) is 171 cm³/mol. The van der Waals surface area contributed by atoms with Gasteiger partial charge in [0, 0.05) is 22.6 Å². The molecule has 0 saturated heterocycles. The highest BCUT2D eigenvalue weighted by Gasteiger charge is 2.51. The van der Waals surface area contributed by atoms with Crippen LogP contribution >= 0.6 is 0 Å². The number of amides is 1. The Morgan fingerprint density at radius 3 is 1.77 bits per heavy atom. The average Bonchev–Trinajstić information content (AvgIpc) is 3.56. The third-order valence-corrected chi connectivity index (χ3v) is 9.53. The number of rotatable bonds is 6. The molecule has 4 aromatic rings. The first-order chi connectivity index (χ1) is 20.5. The molecule has 2 bridgehead atoms. The minimum absolute atomic E-state index is 0.201. The van der Waals surface area contributed by atoms with Crippen molar-refractivity contribution in [1.82, 2.24) is 4.90 Å². The first-order valence-electron chi connectivity index (χ1n) is 14.3. The molecule has 6 nitrogen and oxygen atoms in total. The van der Waals surface area contributed by atoms with E-state index < -0.39 is 33.6 Å². The van der Waals surface area contributed by atoms with E-state index >= 15 is 0 Å². The third-order valence-electron chi connectivity index (χ3n) is 7.60. The summed E-state index contributed by atoms with van der Waals surface area (Å²) in [6, 6.07) is 33.5. The van der Waals surface area contributed by atoms with Crippen LogP contribution < -0.4 is 4.90 Å². The van der Waals surface area contributed by atoms with Gasteiger partial charge in [-0.25, -0.2) is 13.2 Å². The van der Waals surface area contributed by atoms with Crippen molar-refractivity contribution in [1.29, 1.82) is 0 Å². The number of sulfone groups is 1. The molecule has 4 aromatic carbocycles. The number of carbonyl (C=O) groups excluding carboxylic acids is 1. The van der Waals surface area contributed by atoms with Crippen molar-refractivity contribution in [2.45, 2.75) is 50.3 Å². The number of para-hydroxylation sites is 2. The molecule has 0 aromatic heterocycles. The molecule has 6 rings (SSSR count). The van der Waals surface area contributed by atoms with Gasteiger partial charge in [-0.05, 0) is 81.8 Å². The molecule has 2 heterocycles. The van der Waals surface area contributed by atoms with Gasteiger partial charge in [-0.15, -0.1) is 0 Å². The Bertz CT molecular complexity index is 1770. The number of benzene rings is 4. The van der Waals surface area contributed by atoms with Crippen LogP contribution in [-0.2, 0) is 14.6 Å². The van der Waals surface area contributed by atoms with Gasteiger partial charge >= 0.3 is 6.09 Å². The van der Waals surface area contributed by atoms with Crippen molar-refractivity contribution < 1.29 is 17.9 Å². The Hall–Kier alpha value is -4.62. The predicted octanol–water partition coefficient (Wildman–Crippen LogP) is 8.21. The zero-order chi connectivity index (χ0) is 30.4. The molecule has 218 valence electrons. The summed E-state index contributed by atoms with van der Waals surface area (Å²) in [4.78, 5) is 17.5. The average molecular weight is 591 g/mol. The zero-order valence-corrected chi connectivity index (χ0v) is 25.5. The number of hydrogen-bond acceptors (Lipinski definition) is 5. The minimum atomic E-state index is -3.94. The van der Waals surface area contributed by atoms with Crippen molar-refractivity contribution in [2.24, 2.45) is 0 Å². The Morgan fingerprint density at radius 2 is 1.23 bits per heavy atom. The number of aryl methyl sites for hydroxylation is 1. The standard InChI is InChI=1S/C36H34N2O4S/c1-25-15-21-30(22-16-25)43(40,41)34-32-24-23-31(38(32)35(39)42-36(2,3)4)33(34)26-17-19-29(20-18-26)37(27-11-7-5-8-12-27)28-13-9-6-10-14-28/h5-24,31-32H,1-4H3. The Labute approximate surface area is 253 Å². The smallest absolute Gasteiger partial charge is 0.411 e. The Kier molecular flexibility index (Phi) is 7.22. The highest BCUT2D eigenvalue weighted by molar-refractivity contribution is 7.95. The molecule has 0 spiro atoms. The van der Waals surface area contributed by atoms with E-state index in [1.54, 1.807) is 51.1 Å². The fourth-order valence-corrected chi connectivity index (χ4v) is 7.50. The molecule has 0 N–H and O–H groups in total. The monoisotopic (exact) mass is 590 g/mol. The van der Waals surface area contributed by atoms with E-state index in [2.05, 4.69) is 29.2 Å². The summed E-state index contributed by atoms with van der Waals surface area (Å²) in [7, 11) is -3.94. The lowest BCUT2D eigenvalue weighted by Gasteiger charge is -2.28. The fraction of sp³-hybridized carbons (Fsp3) is 0.194. The van der Waals surface area contributed by atoms with Gasteiger partial charge in [-0.2, -0.15) is 0 Å². The molecule has 0 aliphatic carbocycles. The second-order valence-corrected chi connectivity index (χ2v) is 13.7. The zero-order valence-electron chi connectivity index (χ0n) is 24.6. The lowest BCUT2D eigenvalue weighted by Crippen LogP contribution is -2.42. The summed E-state index contributed by atoms with van der Waals surface area (Å²) in [6.45, 7) is 7.33. The number of fused-ring (bicyclic) bond motifs is 2. The van der Waals surface area contributed by atoms with Crippen LogP contribution in [0.3, 0.4) is 0 Å². The maximum atomic E-state index is 14.2. The van der Waals surface area contributed by atoms with Gasteiger partial charge in [-0.1, -0.05) is 78.4 Å². The van der Waals surface area contributed by atoms with Gasteiger partial charge in [-0.3, -0.25) is 4.90 Å². The van der Waals surface area contributed by atoms with Crippen molar-refractivity contribution in [3.05, 3.63) is 137 Å². The van der Waals surface area contributed by atoms with E-state index in [0.717, 1.165) is 28.2 Å². The Morgan fingerprint density at radius 1 is 0.721 bits per heavy atom. The fourth-order valence-electron chi connectivity index (χ4n) is 5.72. The van der Waals surface area contributed by atoms with E-state index in [0.29, 0.717) is 5.57 Å². The van der Waals surface area contributed by atoms with Gasteiger partial charge < -0.3 is 9.64 Å². The lowest BCUT2D eigenvalue weighted by atomic mass is 9.96. The van der Waals surface area contributed by atoms with Gasteiger partial charge in [0.2, 0.25) is 9.84 Å². The van der Waals surface area contributed by atoms with Crippen LogP contribution in [0.15, 0.2) is 131 Å². The van der Waals surface area contributed by atoms with Crippen LogP contribution in [0.1, 0.15) is 31.9 Å². The summed E-state index contributed by atoms with van der Waals surface area (Å²) in [5.74, 6) is 0. The van der Waals surface area contributed by atoms with Crippen LogP contribution in [-0.4, -0.2) is 37.1 Å². The third kappa shape index (κ3) is 5.37. The lowest BCUT2D eigenvalue weighted by molar-refractivity contribution is 0.0248. The molecule has 0 fully saturated rings. The summed E-state index contributed by atoms with van der Waals surface area (Å²) in [5, 5.41) is 0. The van der Waals surface area contributed by atoms with Crippen molar-refractivity contribution in [3.8, 4) is 0 Å². The summed E-state index contributed by atoms with van der Waals surface area (Å²) in [6.07, 6.45) is 3.14. The molecule has 2 aliphatic rings. The van der Waals surface area contributed by atoms with Gasteiger partial charge in [0.15, 0.2) is 0 Å². The summed E-state index contributed by atoms with van der Waals surface area (Å²) >= 11 is 0. The molecule has 7 heteroatoms. The van der Waals surface area contributed by atoms with E-state index in [1.807, 2.05) is 73.7 Å². The first kappa shape index (κ1) is 28.5. The SMILES string of the molecule is Cc1ccc(S(=O)(=O)C2=C(c3ccc(N(c4ccccc4)c4ccccc4)cc3)C3C=CC2N3C(=O)OC(C)(C)C)cc1. The van der Waals surface area contributed by atoms with Crippen LogP contribution in [0.5, 0.6) is 0 Å². The van der Waals surface area contributed by atoms with Crippen LogP contribution in [0, 0.1) is 6.92 Å². The highest BCUT2D eigenvalue weighted by atomic mass is 32.2. The molecular formula is C36H34N2O4S. The Balaban J connectivity index is 1.46. The maximum absolute atomic E-state index is 14.2. The minimum Gasteiger partial charge on any atom is -0.444 e. The number of ether oxygens (including phenoxy) is 1. The van der Waals surface area contributed by atoms with E-state index in [9.17, 15) is 13.2 Å². The van der Waals surface area contributed by atoms with E-state index in [-0.39, 0.29) is 9.80 Å². The molecule has 43 heavy (non-hydrogen) atoms. The van der Waals surface area contributed by atoms with E-state index in [4.69, 9.17) is 4.74 Å². The number of nitrogens with zero attached hydrogens (tertiary/aromatic N) is 2. The van der Waals surface area contributed by atoms with Crippen LogP contribution in [0.4, 0.5) is 21.9 Å². The van der Waals surface area contributed by atoms with E-state index in [1.165, 1.54) is 4.90 Å². The molecule has 0 saturated carbocycles. The normalized spacial score (nSPS) is 17.8. The largest absolute Gasteiger partial charge is 0.444 e. The van der Waals surface area contributed by atoms with Crippen molar-refractivity contribution in [2.75, 3.05) is 4.90 Å². The molecule has 2 atom stereocenters. The highest BCUT2D eigenvalue weighted by Crippen LogP contribution is 2.47. The second-order valence-electron chi connectivity index (χ2n) is 11.8. The second kappa shape index (κ2) is 10.9. The number of anilines is 3. The van der Waals surface area contributed by atoms with Gasteiger partial charge in [0.25, 0.3) is 0 Å². The number of hydrogen-bond donors (Lipinski definition) is 0.